The highest BCUT2D eigenvalue weighted by Crippen LogP contribution is 2.44. The van der Waals surface area contributed by atoms with Crippen LogP contribution in [0.2, 0.25) is 0 Å². The predicted molar refractivity (Wildman–Crippen MR) is 108 cm³/mol. The summed E-state index contributed by atoms with van der Waals surface area (Å²) in [6.45, 7) is 0.560. The van der Waals surface area contributed by atoms with Crippen molar-refractivity contribution in [1.82, 2.24) is 9.88 Å². The fourth-order valence-corrected chi connectivity index (χ4v) is 3.73. The van der Waals surface area contributed by atoms with Gasteiger partial charge in [0.25, 0.3) is 5.91 Å². The van der Waals surface area contributed by atoms with Gasteiger partial charge < -0.3 is 9.32 Å². The third-order valence-electron chi connectivity index (χ3n) is 5.60. The maximum atomic E-state index is 13.5. The summed E-state index contributed by atoms with van der Waals surface area (Å²) in [5.41, 5.74) is 2.24. The first kappa shape index (κ1) is 18.1. The molecule has 0 unspecified atom stereocenters. The fraction of sp³-hybridized carbons (Fsp3) is 0.333. The maximum absolute atomic E-state index is 13.5. The molecule has 1 aromatic heterocycles. The van der Waals surface area contributed by atoms with Crippen molar-refractivity contribution in [1.29, 1.82) is 0 Å². The Morgan fingerprint density at radius 1 is 1.07 bits per heavy atom. The monoisotopic (exact) mass is 390 g/mol. The number of halogens is 1. The lowest BCUT2D eigenvalue weighted by atomic mass is 10.1. The zero-order chi connectivity index (χ0) is 19.8. The van der Waals surface area contributed by atoms with Crippen molar-refractivity contribution in [2.24, 2.45) is 0 Å². The lowest BCUT2D eigenvalue weighted by Gasteiger charge is -2.22. The zero-order valence-electron chi connectivity index (χ0n) is 16.2. The molecule has 3 aromatic rings. The molecule has 5 heteroatoms. The number of rotatable bonds is 7. The van der Waals surface area contributed by atoms with Crippen molar-refractivity contribution < 1.29 is 13.6 Å². The molecule has 1 amide bonds. The Morgan fingerprint density at radius 2 is 1.86 bits per heavy atom. The molecule has 0 saturated heterocycles. The predicted octanol–water partition coefficient (Wildman–Crippen LogP) is 5.21. The first-order chi connectivity index (χ1) is 14.2. The van der Waals surface area contributed by atoms with Gasteiger partial charge in [-0.15, -0.1) is 0 Å². The quantitative estimate of drug-likeness (QED) is 0.557. The molecule has 2 aliphatic rings. The molecule has 2 saturated carbocycles. The molecular formula is C24H23FN2O2. The number of hydrogen-bond donors (Lipinski definition) is 0. The molecular weight excluding hydrogens is 367 g/mol. The van der Waals surface area contributed by atoms with Gasteiger partial charge in [0.15, 0.2) is 5.69 Å². The zero-order valence-corrected chi connectivity index (χ0v) is 16.2. The molecule has 4 nitrogen and oxygen atoms in total. The Balaban J connectivity index is 1.41. The summed E-state index contributed by atoms with van der Waals surface area (Å²) < 4.78 is 19.6. The van der Waals surface area contributed by atoms with Gasteiger partial charge in [-0.3, -0.25) is 4.79 Å². The van der Waals surface area contributed by atoms with Crippen molar-refractivity contribution in [2.75, 3.05) is 6.54 Å². The van der Waals surface area contributed by atoms with Gasteiger partial charge >= 0.3 is 0 Å². The van der Waals surface area contributed by atoms with Crippen LogP contribution < -0.4 is 0 Å². The van der Waals surface area contributed by atoms with Gasteiger partial charge in [-0.1, -0.05) is 30.3 Å². The van der Waals surface area contributed by atoms with Crippen molar-refractivity contribution >= 4 is 5.91 Å². The number of aromatic nitrogens is 1. The minimum Gasteiger partial charge on any atom is -0.440 e. The van der Waals surface area contributed by atoms with Gasteiger partial charge in [-0.25, -0.2) is 9.37 Å². The summed E-state index contributed by atoms with van der Waals surface area (Å²) in [6, 6.07) is 16.5. The van der Waals surface area contributed by atoms with Crippen LogP contribution >= 0.6 is 0 Å². The number of nitrogens with zero attached hydrogens (tertiary/aromatic N) is 2. The highest BCUT2D eigenvalue weighted by Gasteiger charge is 2.39. The van der Waals surface area contributed by atoms with Crippen LogP contribution in [0.3, 0.4) is 0 Å². The van der Waals surface area contributed by atoms with Crippen molar-refractivity contribution in [3.63, 3.8) is 0 Å². The molecule has 0 bridgehead atoms. The Bertz CT molecular complexity index is 1020. The third-order valence-corrected chi connectivity index (χ3v) is 5.60. The number of carbonyl (C=O) groups excluding carboxylic acids is 1. The second-order valence-corrected chi connectivity index (χ2v) is 7.98. The number of hydrogen-bond acceptors (Lipinski definition) is 3. The van der Waals surface area contributed by atoms with Crippen LogP contribution in [0.25, 0.3) is 11.5 Å². The number of carbonyl (C=O) groups is 1. The Morgan fingerprint density at radius 3 is 2.55 bits per heavy atom. The van der Waals surface area contributed by atoms with E-state index in [0.717, 1.165) is 42.6 Å². The van der Waals surface area contributed by atoms with Crippen LogP contribution in [-0.4, -0.2) is 28.4 Å². The van der Waals surface area contributed by atoms with Crippen molar-refractivity contribution in [3.05, 3.63) is 77.4 Å². The smallest absolute Gasteiger partial charge is 0.276 e. The lowest BCUT2D eigenvalue weighted by molar-refractivity contribution is 0.0737. The van der Waals surface area contributed by atoms with Crippen molar-refractivity contribution in [2.45, 2.75) is 44.1 Å². The Labute approximate surface area is 169 Å². The van der Waals surface area contributed by atoms with E-state index < -0.39 is 0 Å². The largest absolute Gasteiger partial charge is 0.440 e. The maximum Gasteiger partial charge on any atom is 0.276 e. The van der Waals surface area contributed by atoms with E-state index in [4.69, 9.17) is 4.42 Å². The molecule has 0 N–H and O–H groups in total. The molecule has 0 aliphatic heterocycles. The molecule has 29 heavy (non-hydrogen) atoms. The van der Waals surface area contributed by atoms with E-state index in [1.54, 1.807) is 6.07 Å². The Hall–Kier alpha value is -2.95. The molecule has 2 fully saturated rings. The van der Waals surface area contributed by atoms with Gasteiger partial charge in [0.1, 0.15) is 11.6 Å². The molecule has 5 rings (SSSR count). The Kier molecular flexibility index (Phi) is 4.66. The van der Waals surface area contributed by atoms with E-state index in [2.05, 4.69) is 4.98 Å². The summed E-state index contributed by atoms with van der Waals surface area (Å²) in [5.74, 6) is 1.23. The van der Waals surface area contributed by atoms with Crippen LogP contribution in [0.1, 0.15) is 53.4 Å². The second kappa shape index (κ2) is 7.47. The van der Waals surface area contributed by atoms with Crippen molar-refractivity contribution in [3.8, 4) is 11.5 Å². The van der Waals surface area contributed by atoms with E-state index >= 15 is 0 Å². The lowest BCUT2D eigenvalue weighted by Crippen LogP contribution is -2.35. The molecule has 2 aromatic carbocycles. The SMILES string of the molecule is O=C(c1nc(-c2ccccc2)oc1C1CC1)N(CCc1cccc(F)c1)C1CC1. The van der Waals surface area contributed by atoms with Crippen LogP contribution in [0.15, 0.2) is 59.0 Å². The minimum absolute atomic E-state index is 0.0586. The average Bonchev–Trinajstić information content (AvgIpc) is 3.67. The number of benzene rings is 2. The molecule has 0 spiro atoms. The standard InChI is InChI=1S/C24H23FN2O2/c25-19-8-4-5-16(15-19)13-14-27(20-11-12-20)24(28)21-22(17-9-10-17)29-23(26-21)18-6-2-1-3-7-18/h1-8,15,17,20H,9-14H2. The van der Waals surface area contributed by atoms with E-state index in [1.165, 1.54) is 12.1 Å². The van der Waals surface area contributed by atoms with E-state index in [0.29, 0.717) is 30.5 Å². The second-order valence-electron chi connectivity index (χ2n) is 7.98. The van der Waals surface area contributed by atoms with Gasteiger partial charge in [0.2, 0.25) is 5.89 Å². The normalized spacial score (nSPS) is 16.0. The average molecular weight is 390 g/mol. The minimum atomic E-state index is -0.244. The van der Waals surface area contributed by atoms with E-state index in [9.17, 15) is 9.18 Å². The molecule has 1 heterocycles. The van der Waals surface area contributed by atoms with E-state index in [-0.39, 0.29) is 17.8 Å². The number of oxazole rings is 1. The first-order valence-corrected chi connectivity index (χ1v) is 10.3. The van der Waals surface area contributed by atoms with Gasteiger partial charge in [-0.05, 0) is 61.9 Å². The molecule has 0 radical (unpaired) electrons. The summed E-state index contributed by atoms with van der Waals surface area (Å²) in [7, 11) is 0. The molecule has 148 valence electrons. The third kappa shape index (κ3) is 3.95. The van der Waals surface area contributed by atoms with Crippen LogP contribution in [0, 0.1) is 5.82 Å². The highest BCUT2D eigenvalue weighted by molar-refractivity contribution is 5.94. The van der Waals surface area contributed by atoms with Gasteiger partial charge in [0.05, 0.1) is 0 Å². The number of amides is 1. The van der Waals surface area contributed by atoms with Gasteiger partial charge in [-0.2, -0.15) is 0 Å². The molecule has 2 aliphatic carbocycles. The first-order valence-electron chi connectivity index (χ1n) is 10.3. The highest BCUT2D eigenvalue weighted by atomic mass is 19.1. The van der Waals surface area contributed by atoms with Crippen LogP contribution in [0.5, 0.6) is 0 Å². The molecule has 0 atom stereocenters. The summed E-state index contributed by atoms with van der Waals surface area (Å²) in [4.78, 5) is 20.0. The fourth-order valence-electron chi connectivity index (χ4n) is 3.73. The summed E-state index contributed by atoms with van der Waals surface area (Å²) >= 11 is 0. The summed E-state index contributed by atoms with van der Waals surface area (Å²) in [5, 5.41) is 0. The van der Waals surface area contributed by atoms with Gasteiger partial charge in [0, 0.05) is 24.1 Å². The van der Waals surface area contributed by atoms with Crippen LogP contribution in [0.4, 0.5) is 4.39 Å². The summed E-state index contributed by atoms with van der Waals surface area (Å²) in [6.07, 6.45) is 4.73. The topological polar surface area (TPSA) is 46.3 Å². The van der Waals surface area contributed by atoms with Crippen LogP contribution in [-0.2, 0) is 6.42 Å². The van der Waals surface area contributed by atoms with E-state index in [1.807, 2.05) is 41.3 Å².